The first kappa shape index (κ1) is 8.24. The minimum Gasteiger partial charge on any atom is -0.336 e. The molecule has 0 aliphatic carbocycles. The largest absolute Gasteiger partial charge is 0.336 e. The number of hydrogen-bond donors (Lipinski definition) is 0. The van der Waals surface area contributed by atoms with Crippen LogP contribution >= 0.6 is 0 Å². The van der Waals surface area contributed by atoms with Crippen molar-refractivity contribution in [3.8, 4) is 0 Å². The topological polar surface area (TPSA) is 20.3 Å². The zero-order chi connectivity index (χ0) is 8.43. The van der Waals surface area contributed by atoms with Crippen molar-refractivity contribution in [1.82, 2.24) is 4.90 Å². The van der Waals surface area contributed by atoms with E-state index in [4.69, 9.17) is 0 Å². The third kappa shape index (κ3) is 1.79. The number of hydrogen-bond acceptors (Lipinski definition) is 1. The molecule has 1 atom stereocenters. The van der Waals surface area contributed by atoms with Gasteiger partial charge in [-0.2, -0.15) is 0 Å². The van der Waals surface area contributed by atoms with Gasteiger partial charge in [0, 0.05) is 13.1 Å². The lowest BCUT2D eigenvalue weighted by atomic mass is 10.2. The highest BCUT2D eigenvalue weighted by Gasteiger charge is 2.24. The van der Waals surface area contributed by atoms with Crippen LogP contribution in [0.2, 0.25) is 0 Å². The van der Waals surface area contributed by atoms with E-state index in [0.717, 1.165) is 6.42 Å². The Morgan fingerprint density at radius 3 is 2.73 bits per heavy atom. The Balaban J connectivity index is 2.50. The number of amides is 1. The van der Waals surface area contributed by atoms with Crippen molar-refractivity contribution in [3.05, 3.63) is 12.4 Å². The fourth-order valence-corrected chi connectivity index (χ4v) is 1.29. The predicted octanol–water partition coefficient (Wildman–Crippen LogP) is 1.34. The van der Waals surface area contributed by atoms with Gasteiger partial charge in [0.1, 0.15) is 0 Å². The van der Waals surface area contributed by atoms with Crippen molar-refractivity contribution in [3.63, 3.8) is 0 Å². The number of carbonyl (C=O) groups excluding carboxylic acids is 1. The third-order valence-corrected chi connectivity index (χ3v) is 1.94. The van der Waals surface area contributed by atoms with Gasteiger partial charge < -0.3 is 4.90 Å². The monoisotopic (exact) mass is 157 g/mol. The summed E-state index contributed by atoms with van der Waals surface area (Å²) in [5.41, 5.74) is 0. The first-order chi connectivity index (χ1) is 5.11. The Morgan fingerprint density at radius 2 is 2.36 bits per heavy atom. The highest BCUT2D eigenvalue weighted by atomic mass is 19.1. The molecule has 1 amide bonds. The van der Waals surface area contributed by atoms with Crippen LogP contribution in [0.5, 0.6) is 0 Å². The minimum atomic E-state index is -0.848. The second-order valence-electron chi connectivity index (χ2n) is 3.05. The summed E-state index contributed by atoms with van der Waals surface area (Å²) in [6, 6.07) is 0. The van der Waals surface area contributed by atoms with Crippen molar-refractivity contribution in [1.29, 1.82) is 0 Å². The number of halogens is 1. The highest BCUT2D eigenvalue weighted by Crippen LogP contribution is 2.16. The average Bonchev–Trinajstić information content (AvgIpc) is 2.34. The zero-order valence-electron chi connectivity index (χ0n) is 6.64. The maximum atomic E-state index is 12.3. The van der Waals surface area contributed by atoms with Crippen molar-refractivity contribution in [2.24, 2.45) is 5.92 Å². The standard InChI is InChI=1S/C8H12FNO/c1-6-3-4-10(5-6)8(11)7(2)9/h6H,2-5H2,1H3/t6-/m0/s1. The summed E-state index contributed by atoms with van der Waals surface area (Å²) in [5, 5.41) is 0. The molecule has 0 aromatic carbocycles. The molecule has 1 aliphatic rings. The van der Waals surface area contributed by atoms with E-state index in [2.05, 4.69) is 6.58 Å². The maximum absolute atomic E-state index is 12.3. The Hall–Kier alpha value is -0.860. The summed E-state index contributed by atoms with van der Waals surface area (Å²) in [7, 11) is 0. The van der Waals surface area contributed by atoms with E-state index in [0.29, 0.717) is 19.0 Å². The van der Waals surface area contributed by atoms with Gasteiger partial charge in [-0.3, -0.25) is 4.79 Å². The van der Waals surface area contributed by atoms with E-state index >= 15 is 0 Å². The maximum Gasteiger partial charge on any atom is 0.281 e. The number of rotatable bonds is 1. The van der Waals surface area contributed by atoms with Crippen LogP contribution in [0.3, 0.4) is 0 Å². The molecule has 0 radical (unpaired) electrons. The van der Waals surface area contributed by atoms with Crippen LogP contribution in [-0.4, -0.2) is 23.9 Å². The molecule has 0 unspecified atom stereocenters. The Kier molecular flexibility index (Phi) is 2.27. The van der Waals surface area contributed by atoms with Crippen LogP contribution < -0.4 is 0 Å². The number of likely N-dealkylation sites (tertiary alicyclic amines) is 1. The van der Waals surface area contributed by atoms with Crippen molar-refractivity contribution in [2.45, 2.75) is 13.3 Å². The normalized spacial score (nSPS) is 23.8. The molecule has 62 valence electrons. The summed E-state index contributed by atoms with van der Waals surface area (Å²) < 4.78 is 12.3. The Labute approximate surface area is 65.7 Å². The Morgan fingerprint density at radius 1 is 1.73 bits per heavy atom. The molecule has 0 spiro atoms. The first-order valence-corrected chi connectivity index (χ1v) is 3.75. The van der Waals surface area contributed by atoms with Crippen LogP contribution in [0.15, 0.2) is 12.4 Å². The molecular weight excluding hydrogens is 145 g/mol. The molecule has 3 heteroatoms. The summed E-state index contributed by atoms with van der Waals surface area (Å²) >= 11 is 0. The molecule has 11 heavy (non-hydrogen) atoms. The summed E-state index contributed by atoms with van der Waals surface area (Å²) in [6.45, 7) is 6.35. The average molecular weight is 157 g/mol. The molecule has 2 nitrogen and oxygen atoms in total. The molecule has 1 heterocycles. The molecule has 1 saturated heterocycles. The fourth-order valence-electron chi connectivity index (χ4n) is 1.29. The van der Waals surface area contributed by atoms with E-state index in [1.165, 1.54) is 4.90 Å². The third-order valence-electron chi connectivity index (χ3n) is 1.94. The van der Waals surface area contributed by atoms with Crippen LogP contribution in [0.1, 0.15) is 13.3 Å². The lowest BCUT2D eigenvalue weighted by Gasteiger charge is -2.13. The van der Waals surface area contributed by atoms with Crippen LogP contribution in [0.4, 0.5) is 4.39 Å². The van der Waals surface area contributed by atoms with Gasteiger partial charge in [0.2, 0.25) is 0 Å². The number of carbonyl (C=O) groups is 1. The van der Waals surface area contributed by atoms with Gasteiger partial charge in [0.15, 0.2) is 5.83 Å². The lowest BCUT2D eigenvalue weighted by Crippen LogP contribution is -2.28. The minimum absolute atomic E-state index is 0.498. The number of nitrogens with zero attached hydrogens (tertiary/aromatic N) is 1. The van der Waals surface area contributed by atoms with Gasteiger partial charge in [-0.25, -0.2) is 4.39 Å². The van der Waals surface area contributed by atoms with E-state index in [1.54, 1.807) is 0 Å². The van der Waals surface area contributed by atoms with Crippen molar-refractivity contribution in [2.75, 3.05) is 13.1 Å². The van der Waals surface area contributed by atoms with Crippen LogP contribution in [0, 0.1) is 5.92 Å². The molecule has 0 bridgehead atoms. The zero-order valence-corrected chi connectivity index (χ0v) is 6.64. The van der Waals surface area contributed by atoms with E-state index in [1.807, 2.05) is 6.92 Å². The second-order valence-corrected chi connectivity index (χ2v) is 3.05. The first-order valence-electron chi connectivity index (χ1n) is 3.75. The van der Waals surface area contributed by atoms with Crippen molar-refractivity contribution >= 4 is 5.91 Å². The summed E-state index contributed by atoms with van der Waals surface area (Å²) in [4.78, 5) is 12.4. The van der Waals surface area contributed by atoms with Gasteiger partial charge in [-0.15, -0.1) is 0 Å². The quantitative estimate of drug-likeness (QED) is 0.526. The molecule has 0 aromatic rings. The van der Waals surface area contributed by atoms with Gasteiger partial charge >= 0.3 is 0 Å². The van der Waals surface area contributed by atoms with E-state index < -0.39 is 11.7 Å². The summed E-state index contributed by atoms with van der Waals surface area (Å²) in [6.07, 6.45) is 0.971. The molecule has 1 rings (SSSR count). The molecule has 0 saturated carbocycles. The van der Waals surface area contributed by atoms with Crippen LogP contribution in [-0.2, 0) is 4.79 Å². The smallest absolute Gasteiger partial charge is 0.281 e. The molecular formula is C8H12FNO. The summed E-state index contributed by atoms with van der Waals surface area (Å²) in [5.74, 6) is -0.897. The highest BCUT2D eigenvalue weighted by molar-refractivity contribution is 5.90. The van der Waals surface area contributed by atoms with Gasteiger partial charge in [0.25, 0.3) is 5.91 Å². The molecule has 0 aromatic heterocycles. The van der Waals surface area contributed by atoms with E-state index in [9.17, 15) is 9.18 Å². The van der Waals surface area contributed by atoms with Gasteiger partial charge in [-0.1, -0.05) is 13.5 Å². The predicted molar refractivity (Wildman–Crippen MR) is 40.6 cm³/mol. The molecule has 1 fully saturated rings. The molecule has 0 N–H and O–H groups in total. The van der Waals surface area contributed by atoms with Crippen molar-refractivity contribution < 1.29 is 9.18 Å². The Bertz CT molecular complexity index is 191. The fraction of sp³-hybridized carbons (Fsp3) is 0.625. The van der Waals surface area contributed by atoms with Gasteiger partial charge in [-0.05, 0) is 12.3 Å². The van der Waals surface area contributed by atoms with Crippen LogP contribution in [0.25, 0.3) is 0 Å². The SMILES string of the molecule is C=C(F)C(=O)N1CC[C@H](C)C1. The van der Waals surface area contributed by atoms with Gasteiger partial charge in [0.05, 0.1) is 0 Å². The second kappa shape index (κ2) is 3.03. The lowest BCUT2D eigenvalue weighted by molar-refractivity contribution is -0.127. The molecule has 1 aliphatic heterocycles. The van der Waals surface area contributed by atoms with E-state index in [-0.39, 0.29) is 0 Å².